The second kappa shape index (κ2) is 11.7. The van der Waals surface area contributed by atoms with Crippen molar-refractivity contribution < 1.29 is 23.9 Å². The van der Waals surface area contributed by atoms with Gasteiger partial charge in [-0.1, -0.05) is 12.1 Å². The Morgan fingerprint density at radius 1 is 1.29 bits per heavy atom. The van der Waals surface area contributed by atoms with Gasteiger partial charge in [-0.25, -0.2) is 0 Å². The smallest absolute Gasteiger partial charge is 0.264 e. The van der Waals surface area contributed by atoms with Crippen molar-refractivity contribution in [1.82, 2.24) is 15.1 Å². The van der Waals surface area contributed by atoms with Gasteiger partial charge in [-0.3, -0.25) is 14.4 Å². The molecule has 2 fully saturated rings. The lowest BCUT2D eigenvalue weighted by Gasteiger charge is -2.31. The average molecular weight is 501 g/mol. The fraction of sp³-hybridized carbons (Fsp3) is 0.480. The molecule has 0 aliphatic carbocycles. The second-order valence-corrected chi connectivity index (χ2v) is 9.69. The van der Waals surface area contributed by atoms with Crippen molar-refractivity contribution in [2.24, 2.45) is 5.73 Å². The number of hydrogen-bond acceptors (Lipinski definition) is 7. The van der Waals surface area contributed by atoms with Crippen LogP contribution < -0.4 is 15.8 Å². The van der Waals surface area contributed by atoms with Crippen molar-refractivity contribution in [3.8, 4) is 5.75 Å². The Morgan fingerprint density at radius 3 is 2.83 bits per heavy atom. The van der Waals surface area contributed by atoms with Crippen LogP contribution in [-0.4, -0.2) is 85.6 Å². The lowest BCUT2D eigenvalue weighted by molar-refractivity contribution is -0.124. The maximum atomic E-state index is 13.6. The van der Waals surface area contributed by atoms with Gasteiger partial charge in [0.15, 0.2) is 0 Å². The highest BCUT2D eigenvalue weighted by atomic mass is 32.1. The van der Waals surface area contributed by atoms with E-state index in [2.05, 4.69) is 5.32 Å². The minimum Gasteiger partial charge on any atom is -0.497 e. The van der Waals surface area contributed by atoms with Crippen LogP contribution in [0.25, 0.3) is 0 Å². The number of benzene rings is 1. The zero-order valence-electron chi connectivity index (χ0n) is 19.9. The normalized spacial score (nSPS) is 21.7. The number of rotatable bonds is 9. The number of carbonyl (C=O) groups excluding carboxylic acids is 3. The van der Waals surface area contributed by atoms with Crippen molar-refractivity contribution >= 4 is 29.1 Å². The zero-order chi connectivity index (χ0) is 24.8. The molecule has 4 rings (SSSR count). The van der Waals surface area contributed by atoms with Gasteiger partial charge >= 0.3 is 0 Å². The van der Waals surface area contributed by atoms with Crippen LogP contribution in [0.1, 0.15) is 39.3 Å². The van der Waals surface area contributed by atoms with Crippen molar-refractivity contribution in [2.45, 2.75) is 37.5 Å². The first-order valence-electron chi connectivity index (χ1n) is 11.9. The van der Waals surface area contributed by atoms with Gasteiger partial charge in [-0.2, -0.15) is 0 Å². The fourth-order valence-corrected chi connectivity index (χ4v) is 5.37. The molecule has 9 nitrogen and oxygen atoms in total. The number of likely N-dealkylation sites (tertiary alicyclic amines) is 1. The van der Waals surface area contributed by atoms with Gasteiger partial charge in [0.05, 0.1) is 24.1 Å². The summed E-state index contributed by atoms with van der Waals surface area (Å²) in [6, 6.07) is 9.48. The summed E-state index contributed by atoms with van der Waals surface area (Å²) in [7, 11) is 1.54. The van der Waals surface area contributed by atoms with Crippen LogP contribution in [0.15, 0.2) is 41.8 Å². The topological polar surface area (TPSA) is 114 Å². The highest BCUT2D eigenvalue weighted by Gasteiger charge is 2.44. The third-order valence-corrected chi connectivity index (χ3v) is 7.32. The molecule has 35 heavy (non-hydrogen) atoms. The van der Waals surface area contributed by atoms with Crippen LogP contribution in [0.3, 0.4) is 0 Å². The molecule has 3 N–H and O–H groups in total. The van der Waals surface area contributed by atoms with Crippen LogP contribution in [-0.2, 0) is 9.53 Å². The Labute approximate surface area is 209 Å². The summed E-state index contributed by atoms with van der Waals surface area (Å²) in [4.78, 5) is 44.1. The van der Waals surface area contributed by atoms with E-state index in [0.29, 0.717) is 48.9 Å². The highest BCUT2D eigenvalue weighted by Crippen LogP contribution is 2.29. The molecule has 2 aliphatic rings. The SMILES string of the molecule is COc1cccc(C(=O)N2CC(N(CC3CCCO3)C(=O)c3cccs3)CC2C(=O)NCCN)c1. The standard InChI is InChI=1S/C25H32N4O5S/c1-33-19-6-2-5-17(13-19)24(31)29-15-18(14-21(29)23(30)27-10-9-26)28(16-20-7-3-11-34-20)25(32)22-8-4-12-35-22/h2,4-6,8,12-13,18,20-21H,3,7,9-11,14-16,26H2,1H3,(H,27,30). The predicted octanol–water partition coefficient (Wildman–Crippen LogP) is 1.74. The number of amides is 3. The lowest BCUT2D eigenvalue weighted by Crippen LogP contribution is -2.47. The number of methoxy groups -OCH3 is 1. The summed E-state index contributed by atoms with van der Waals surface area (Å²) in [6.45, 7) is 1.98. The lowest BCUT2D eigenvalue weighted by atomic mass is 10.1. The summed E-state index contributed by atoms with van der Waals surface area (Å²) < 4.78 is 11.1. The molecule has 188 valence electrons. The Balaban J connectivity index is 1.61. The predicted molar refractivity (Wildman–Crippen MR) is 133 cm³/mol. The highest BCUT2D eigenvalue weighted by molar-refractivity contribution is 7.12. The van der Waals surface area contributed by atoms with Gasteiger partial charge in [0.1, 0.15) is 11.8 Å². The molecule has 0 spiro atoms. The quantitative estimate of drug-likeness (QED) is 0.542. The summed E-state index contributed by atoms with van der Waals surface area (Å²) in [6.07, 6.45) is 2.14. The Bertz CT molecular complexity index is 1020. The van der Waals surface area contributed by atoms with Crippen LogP contribution in [0.2, 0.25) is 0 Å². The maximum Gasteiger partial charge on any atom is 0.264 e. The van der Waals surface area contributed by atoms with E-state index in [0.717, 1.165) is 12.8 Å². The number of nitrogens with two attached hydrogens (primary N) is 1. The van der Waals surface area contributed by atoms with Gasteiger partial charge in [0, 0.05) is 38.3 Å². The van der Waals surface area contributed by atoms with Gasteiger partial charge < -0.3 is 30.3 Å². The molecule has 3 amide bonds. The molecule has 3 heterocycles. The molecule has 3 unspecified atom stereocenters. The van der Waals surface area contributed by atoms with Crippen molar-refractivity contribution in [3.05, 3.63) is 52.2 Å². The molecule has 1 aromatic carbocycles. The monoisotopic (exact) mass is 500 g/mol. The molecule has 2 aliphatic heterocycles. The molecule has 2 aromatic rings. The summed E-state index contributed by atoms with van der Waals surface area (Å²) in [5, 5.41) is 4.68. The molecule has 10 heteroatoms. The van der Waals surface area contributed by atoms with Crippen LogP contribution in [0, 0.1) is 0 Å². The summed E-state index contributed by atoms with van der Waals surface area (Å²) in [5.74, 6) is -0.0873. The zero-order valence-corrected chi connectivity index (χ0v) is 20.7. The molecule has 0 radical (unpaired) electrons. The molecular weight excluding hydrogens is 468 g/mol. The molecule has 1 aromatic heterocycles. The second-order valence-electron chi connectivity index (χ2n) is 8.74. The average Bonchev–Trinajstić information content (AvgIpc) is 3.67. The van der Waals surface area contributed by atoms with Gasteiger partial charge in [0.25, 0.3) is 11.8 Å². The van der Waals surface area contributed by atoms with E-state index < -0.39 is 6.04 Å². The minimum atomic E-state index is -0.714. The third kappa shape index (κ3) is 5.83. The molecule has 0 bridgehead atoms. The Morgan fingerprint density at radius 2 is 2.14 bits per heavy atom. The molecule has 2 saturated heterocycles. The van der Waals surface area contributed by atoms with Crippen LogP contribution in [0.4, 0.5) is 0 Å². The Hall–Kier alpha value is -2.95. The van der Waals surface area contributed by atoms with E-state index in [4.69, 9.17) is 15.2 Å². The number of thiophene rings is 1. The van der Waals surface area contributed by atoms with E-state index in [1.165, 1.54) is 18.4 Å². The number of ether oxygens (including phenoxy) is 2. The first-order valence-corrected chi connectivity index (χ1v) is 12.8. The number of nitrogens with zero attached hydrogens (tertiary/aromatic N) is 2. The van der Waals surface area contributed by atoms with Gasteiger partial charge in [0.2, 0.25) is 5.91 Å². The maximum absolute atomic E-state index is 13.6. The first-order chi connectivity index (χ1) is 17.0. The minimum absolute atomic E-state index is 0.0495. The van der Waals surface area contributed by atoms with Crippen LogP contribution >= 0.6 is 11.3 Å². The van der Waals surface area contributed by atoms with E-state index >= 15 is 0 Å². The summed E-state index contributed by atoms with van der Waals surface area (Å²) >= 11 is 1.38. The molecular formula is C25H32N4O5S. The number of nitrogens with one attached hydrogen (secondary N) is 1. The van der Waals surface area contributed by atoms with E-state index in [1.807, 2.05) is 11.4 Å². The van der Waals surface area contributed by atoms with Gasteiger partial charge in [-0.05, 0) is 48.9 Å². The first kappa shape index (κ1) is 25.2. The third-order valence-electron chi connectivity index (χ3n) is 6.46. The number of carbonyl (C=O) groups is 3. The van der Waals surface area contributed by atoms with Crippen LogP contribution in [0.5, 0.6) is 5.75 Å². The molecule has 3 atom stereocenters. The van der Waals surface area contributed by atoms with Gasteiger partial charge in [-0.15, -0.1) is 11.3 Å². The van der Waals surface area contributed by atoms with Crippen molar-refractivity contribution in [1.29, 1.82) is 0 Å². The Kier molecular flexibility index (Phi) is 8.37. The van der Waals surface area contributed by atoms with Crippen molar-refractivity contribution in [2.75, 3.05) is 39.9 Å². The number of hydrogen-bond donors (Lipinski definition) is 2. The summed E-state index contributed by atoms with van der Waals surface area (Å²) in [5.41, 5.74) is 6.01. The fourth-order valence-electron chi connectivity index (χ4n) is 4.70. The van der Waals surface area contributed by atoms with E-state index in [-0.39, 0.29) is 36.4 Å². The van der Waals surface area contributed by atoms with E-state index in [9.17, 15) is 14.4 Å². The van der Waals surface area contributed by atoms with Crippen molar-refractivity contribution in [3.63, 3.8) is 0 Å². The largest absolute Gasteiger partial charge is 0.497 e. The van der Waals surface area contributed by atoms with E-state index in [1.54, 1.807) is 40.1 Å². The molecule has 0 saturated carbocycles.